The smallest absolute Gasteiger partial charge is 0.163 e. The molecule has 0 bridgehead atoms. The number of aliphatic hydroxyl groups is 1. The van der Waals surface area contributed by atoms with E-state index < -0.39 is 5.60 Å². The molecule has 0 fully saturated rings. The number of hydrogen-bond acceptors (Lipinski definition) is 6. The van der Waals surface area contributed by atoms with Crippen LogP contribution in [0.25, 0.3) is 11.3 Å². The standard InChI is InChI=1S/C28H33FN2O4/c1-5-19-15-23(20-6-8-22(29)18(2)14-20)31-27(16-19)28(3,33)11-10-24(32)21-7-9-25(35-13-12-30)26(17-21)34-4/h6-9,14-17,33H,5,10-13,30H2,1-4H3. The van der Waals surface area contributed by atoms with Gasteiger partial charge in [0.05, 0.1) is 18.5 Å². The fourth-order valence-electron chi connectivity index (χ4n) is 3.78. The van der Waals surface area contributed by atoms with E-state index >= 15 is 0 Å². The van der Waals surface area contributed by atoms with E-state index in [0.717, 1.165) is 17.5 Å². The van der Waals surface area contributed by atoms with Crippen molar-refractivity contribution in [2.75, 3.05) is 20.3 Å². The predicted molar refractivity (Wildman–Crippen MR) is 134 cm³/mol. The van der Waals surface area contributed by atoms with Crippen molar-refractivity contribution in [1.29, 1.82) is 0 Å². The number of carbonyl (C=O) groups excluding carboxylic acids is 1. The van der Waals surface area contributed by atoms with Gasteiger partial charge in [-0.2, -0.15) is 0 Å². The molecule has 3 rings (SSSR count). The Morgan fingerprint density at radius 1 is 1.14 bits per heavy atom. The van der Waals surface area contributed by atoms with E-state index in [-0.39, 0.29) is 24.4 Å². The Hall–Kier alpha value is -3.29. The van der Waals surface area contributed by atoms with Gasteiger partial charge in [-0.05, 0) is 86.3 Å². The van der Waals surface area contributed by atoms with Crippen LogP contribution in [-0.4, -0.2) is 36.1 Å². The van der Waals surface area contributed by atoms with Gasteiger partial charge in [-0.15, -0.1) is 0 Å². The van der Waals surface area contributed by atoms with E-state index in [1.54, 1.807) is 44.2 Å². The number of nitrogens with two attached hydrogens (primary N) is 1. The van der Waals surface area contributed by atoms with Crippen molar-refractivity contribution < 1.29 is 23.8 Å². The number of hydrogen-bond donors (Lipinski definition) is 2. The number of rotatable bonds is 11. The molecule has 1 aromatic heterocycles. The van der Waals surface area contributed by atoms with Crippen LogP contribution in [-0.2, 0) is 12.0 Å². The predicted octanol–water partition coefficient (Wildman–Crippen LogP) is 4.98. The maximum absolute atomic E-state index is 13.8. The number of pyridine rings is 1. The summed E-state index contributed by atoms with van der Waals surface area (Å²) in [6.07, 6.45) is 1.04. The van der Waals surface area contributed by atoms with Crippen molar-refractivity contribution in [1.82, 2.24) is 4.98 Å². The first-order valence-corrected chi connectivity index (χ1v) is 11.7. The highest BCUT2D eigenvalue weighted by molar-refractivity contribution is 5.96. The summed E-state index contributed by atoms with van der Waals surface area (Å²) >= 11 is 0. The Morgan fingerprint density at radius 2 is 1.91 bits per heavy atom. The maximum Gasteiger partial charge on any atom is 0.163 e. The average molecular weight is 481 g/mol. The molecule has 7 heteroatoms. The molecule has 6 nitrogen and oxygen atoms in total. The van der Waals surface area contributed by atoms with E-state index in [1.807, 2.05) is 19.1 Å². The number of aromatic nitrogens is 1. The number of ether oxygens (including phenoxy) is 2. The summed E-state index contributed by atoms with van der Waals surface area (Å²) in [4.78, 5) is 17.6. The summed E-state index contributed by atoms with van der Waals surface area (Å²) in [5, 5.41) is 11.3. The van der Waals surface area contributed by atoms with Crippen molar-refractivity contribution in [3.05, 3.63) is 76.7 Å². The Morgan fingerprint density at radius 3 is 2.57 bits per heavy atom. The third-order valence-corrected chi connectivity index (χ3v) is 6.00. The van der Waals surface area contributed by atoms with Crippen LogP contribution < -0.4 is 15.2 Å². The quantitative estimate of drug-likeness (QED) is 0.376. The van der Waals surface area contributed by atoms with Crippen molar-refractivity contribution in [2.45, 2.75) is 45.6 Å². The zero-order valence-electron chi connectivity index (χ0n) is 20.7. The SMILES string of the molecule is CCc1cc(-c2ccc(F)c(C)c2)nc(C(C)(O)CCC(=O)c2ccc(OCCN)c(OC)c2)c1. The van der Waals surface area contributed by atoms with Crippen molar-refractivity contribution in [2.24, 2.45) is 5.73 Å². The summed E-state index contributed by atoms with van der Waals surface area (Å²) in [5.74, 6) is 0.565. The molecular weight excluding hydrogens is 447 g/mol. The minimum atomic E-state index is -1.33. The lowest BCUT2D eigenvalue weighted by Gasteiger charge is -2.24. The second-order valence-electron chi connectivity index (χ2n) is 8.76. The highest BCUT2D eigenvalue weighted by atomic mass is 19.1. The molecule has 0 saturated heterocycles. The van der Waals surface area contributed by atoms with Crippen LogP contribution in [0.1, 0.15) is 53.9 Å². The van der Waals surface area contributed by atoms with Gasteiger partial charge in [0.15, 0.2) is 17.3 Å². The Bertz CT molecular complexity index is 1190. The number of nitrogens with zero attached hydrogens (tertiary/aromatic N) is 1. The van der Waals surface area contributed by atoms with Crippen molar-refractivity contribution in [3.63, 3.8) is 0 Å². The molecule has 0 amide bonds. The molecule has 0 aliphatic carbocycles. The summed E-state index contributed by atoms with van der Waals surface area (Å²) in [5.41, 5.74) is 8.05. The van der Waals surface area contributed by atoms with Gasteiger partial charge in [0.25, 0.3) is 0 Å². The summed E-state index contributed by atoms with van der Waals surface area (Å²) in [6, 6.07) is 13.6. The molecule has 35 heavy (non-hydrogen) atoms. The first-order chi connectivity index (χ1) is 16.7. The molecule has 0 radical (unpaired) electrons. The zero-order chi connectivity index (χ0) is 25.6. The Labute approximate surface area is 205 Å². The Balaban J connectivity index is 1.81. The number of aryl methyl sites for hydroxylation is 2. The molecule has 1 unspecified atom stereocenters. The molecule has 3 N–H and O–H groups in total. The number of ketones is 1. The second kappa shape index (κ2) is 11.4. The van der Waals surface area contributed by atoms with E-state index in [0.29, 0.717) is 47.2 Å². The van der Waals surface area contributed by atoms with Gasteiger partial charge in [0.1, 0.15) is 18.0 Å². The zero-order valence-corrected chi connectivity index (χ0v) is 20.7. The van der Waals surface area contributed by atoms with Gasteiger partial charge in [-0.25, -0.2) is 9.37 Å². The third kappa shape index (κ3) is 6.44. The molecule has 3 aromatic rings. The van der Waals surface area contributed by atoms with E-state index in [4.69, 9.17) is 15.2 Å². The largest absolute Gasteiger partial charge is 0.493 e. The fourth-order valence-corrected chi connectivity index (χ4v) is 3.78. The highest BCUT2D eigenvalue weighted by Gasteiger charge is 2.27. The highest BCUT2D eigenvalue weighted by Crippen LogP contribution is 2.32. The molecule has 2 aromatic carbocycles. The van der Waals surface area contributed by atoms with Crippen molar-refractivity contribution >= 4 is 5.78 Å². The van der Waals surface area contributed by atoms with Gasteiger partial charge in [-0.1, -0.05) is 6.92 Å². The Kier molecular flexibility index (Phi) is 8.59. The normalized spacial score (nSPS) is 12.8. The molecule has 0 aliphatic rings. The lowest BCUT2D eigenvalue weighted by molar-refractivity contribution is 0.0397. The molecular formula is C28H33FN2O4. The molecule has 0 spiro atoms. The molecule has 0 aliphatic heterocycles. The first-order valence-electron chi connectivity index (χ1n) is 11.7. The van der Waals surface area contributed by atoms with Crippen LogP contribution in [0, 0.1) is 12.7 Å². The van der Waals surface area contributed by atoms with Crippen LogP contribution >= 0.6 is 0 Å². The second-order valence-corrected chi connectivity index (χ2v) is 8.76. The minimum absolute atomic E-state index is 0.113. The van der Waals surface area contributed by atoms with Crippen LogP contribution in [0.5, 0.6) is 11.5 Å². The third-order valence-electron chi connectivity index (χ3n) is 6.00. The molecule has 186 valence electrons. The van der Waals surface area contributed by atoms with Crippen LogP contribution in [0.4, 0.5) is 4.39 Å². The van der Waals surface area contributed by atoms with Gasteiger partial charge in [-0.3, -0.25) is 4.79 Å². The molecule has 1 atom stereocenters. The van der Waals surface area contributed by atoms with Crippen LogP contribution in [0.15, 0.2) is 48.5 Å². The lowest BCUT2D eigenvalue weighted by Crippen LogP contribution is -2.24. The summed E-state index contributed by atoms with van der Waals surface area (Å²) < 4.78 is 24.6. The van der Waals surface area contributed by atoms with Gasteiger partial charge < -0.3 is 20.3 Å². The van der Waals surface area contributed by atoms with Crippen LogP contribution in [0.3, 0.4) is 0 Å². The fraction of sp³-hybridized carbons (Fsp3) is 0.357. The summed E-state index contributed by atoms with van der Waals surface area (Å²) in [6.45, 7) is 6.10. The van der Waals surface area contributed by atoms with Gasteiger partial charge >= 0.3 is 0 Å². The average Bonchev–Trinajstić information content (AvgIpc) is 2.87. The number of halogens is 1. The van der Waals surface area contributed by atoms with E-state index in [9.17, 15) is 14.3 Å². The van der Waals surface area contributed by atoms with Gasteiger partial charge in [0, 0.05) is 24.1 Å². The molecule has 0 saturated carbocycles. The van der Waals surface area contributed by atoms with Gasteiger partial charge in [0.2, 0.25) is 0 Å². The van der Waals surface area contributed by atoms with Crippen LogP contribution in [0.2, 0.25) is 0 Å². The first kappa shape index (κ1) is 26.3. The van der Waals surface area contributed by atoms with E-state index in [2.05, 4.69) is 4.98 Å². The number of benzene rings is 2. The van der Waals surface area contributed by atoms with E-state index in [1.165, 1.54) is 13.2 Å². The minimum Gasteiger partial charge on any atom is -0.493 e. The summed E-state index contributed by atoms with van der Waals surface area (Å²) in [7, 11) is 1.51. The number of Topliss-reactive ketones (excluding diaryl/α,β-unsaturated/α-hetero) is 1. The molecule has 1 heterocycles. The topological polar surface area (TPSA) is 94.7 Å². The number of carbonyl (C=O) groups is 1. The van der Waals surface area contributed by atoms with Crippen molar-refractivity contribution in [3.8, 4) is 22.8 Å². The number of methoxy groups -OCH3 is 1. The monoisotopic (exact) mass is 480 g/mol. The lowest BCUT2D eigenvalue weighted by atomic mass is 9.91. The maximum atomic E-state index is 13.8.